The number of nitrogens with zero attached hydrogens (tertiary/aromatic N) is 1. The molecule has 5 heteroatoms. The van der Waals surface area contributed by atoms with Crippen LogP contribution in [0.2, 0.25) is 0 Å². The van der Waals surface area contributed by atoms with Crippen LogP contribution in [0.15, 0.2) is 12.2 Å². The summed E-state index contributed by atoms with van der Waals surface area (Å²) in [5, 5.41) is 11.8. The Morgan fingerprint density at radius 1 is 0.800 bits per heavy atom. The molecule has 0 saturated carbocycles. The van der Waals surface area contributed by atoms with Gasteiger partial charge < -0.3 is 14.9 Å². The molecule has 0 aliphatic rings. The highest BCUT2D eigenvalue weighted by Crippen LogP contribution is 2.10. The van der Waals surface area contributed by atoms with Crippen molar-refractivity contribution in [2.45, 2.75) is 103 Å². The first-order valence-electron chi connectivity index (χ1n) is 12.3. The van der Waals surface area contributed by atoms with Crippen LogP contribution in [0.4, 0.5) is 0 Å². The van der Waals surface area contributed by atoms with Crippen molar-refractivity contribution < 1.29 is 19.2 Å². The van der Waals surface area contributed by atoms with Crippen LogP contribution in [0, 0.1) is 0 Å². The van der Waals surface area contributed by atoms with Crippen molar-refractivity contribution in [1.29, 1.82) is 0 Å². The second-order valence-corrected chi connectivity index (χ2v) is 9.25. The molecule has 0 atom stereocenters. The largest absolute Gasteiger partial charge is 0.477 e. The van der Waals surface area contributed by atoms with Crippen LogP contribution < -0.4 is 5.32 Å². The number of unbranched alkanes of at least 4 members (excludes halogenated alkanes) is 11. The molecule has 0 aliphatic heterocycles. The van der Waals surface area contributed by atoms with Crippen LogP contribution in [-0.2, 0) is 9.59 Å². The Morgan fingerprint density at radius 3 is 1.90 bits per heavy atom. The fourth-order valence-electron chi connectivity index (χ4n) is 3.62. The molecule has 5 nitrogen and oxygen atoms in total. The molecule has 0 unspecified atom stereocenters. The van der Waals surface area contributed by atoms with E-state index in [1.807, 2.05) is 14.1 Å². The summed E-state index contributed by atoms with van der Waals surface area (Å²) in [4.78, 5) is 22.7. The number of hydrogen-bond donors (Lipinski definition) is 2. The van der Waals surface area contributed by atoms with Crippen molar-refractivity contribution in [3.63, 3.8) is 0 Å². The minimum atomic E-state index is -0.783. The number of rotatable bonds is 21. The van der Waals surface area contributed by atoms with Gasteiger partial charge in [0.15, 0.2) is 6.54 Å². The summed E-state index contributed by atoms with van der Waals surface area (Å²) in [6.45, 7) is 3.75. The number of carboxylic acids is 1. The van der Waals surface area contributed by atoms with Gasteiger partial charge in [-0.15, -0.1) is 0 Å². The van der Waals surface area contributed by atoms with E-state index >= 15 is 0 Å². The molecular formula is C25H49N2O3+. The van der Waals surface area contributed by atoms with Crippen LogP contribution in [0.25, 0.3) is 0 Å². The highest BCUT2D eigenvalue weighted by molar-refractivity contribution is 5.75. The third-order valence-electron chi connectivity index (χ3n) is 5.49. The zero-order chi connectivity index (χ0) is 22.5. The molecule has 0 aliphatic carbocycles. The van der Waals surface area contributed by atoms with E-state index in [4.69, 9.17) is 5.11 Å². The standard InChI is InChI=1S/C25H48N2O3/c1-4-5-6-7-8-9-10-11-12-13-14-15-16-17-18-20-24(28)26-21-19-22-27(2,3)23-25(29)30/h9-10H,4-8,11-23H2,1-3H3,(H-,26,28,29,30)/p+1/b10-9+. The molecule has 0 aromatic rings. The zero-order valence-corrected chi connectivity index (χ0v) is 20.1. The molecule has 2 N–H and O–H groups in total. The lowest BCUT2D eigenvalue weighted by Gasteiger charge is -2.27. The quantitative estimate of drug-likeness (QED) is 0.141. The Kier molecular flexibility index (Phi) is 18.7. The third-order valence-corrected chi connectivity index (χ3v) is 5.49. The van der Waals surface area contributed by atoms with Gasteiger partial charge in [0.2, 0.25) is 5.91 Å². The van der Waals surface area contributed by atoms with Gasteiger partial charge in [-0.2, -0.15) is 0 Å². The van der Waals surface area contributed by atoms with Crippen molar-refractivity contribution in [2.75, 3.05) is 33.7 Å². The smallest absolute Gasteiger partial charge is 0.359 e. The van der Waals surface area contributed by atoms with E-state index in [-0.39, 0.29) is 12.5 Å². The van der Waals surface area contributed by atoms with E-state index in [1.54, 1.807) is 0 Å². The van der Waals surface area contributed by atoms with E-state index in [9.17, 15) is 9.59 Å². The normalized spacial score (nSPS) is 11.8. The third kappa shape index (κ3) is 21.4. The van der Waals surface area contributed by atoms with Crippen molar-refractivity contribution in [2.24, 2.45) is 0 Å². The molecule has 176 valence electrons. The Bertz CT molecular complexity index is 461. The summed E-state index contributed by atoms with van der Waals surface area (Å²) in [6, 6.07) is 0. The van der Waals surface area contributed by atoms with E-state index in [0.29, 0.717) is 17.4 Å². The fourth-order valence-corrected chi connectivity index (χ4v) is 3.62. The Balaban J connectivity index is 3.37. The van der Waals surface area contributed by atoms with E-state index in [0.717, 1.165) is 25.8 Å². The fraction of sp³-hybridized carbons (Fsp3) is 0.840. The second-order valence-electron chi connectivity index (χ2n) is 9.25. The molecule has 0 rings (SSSR count). The monoisotopic (exact) mass is 425 g/mol. The minimum absolute atomic E-state index is 0.115. The summed E-state index contributed by atoms with van der Waals surface area (Å²) in [6.07, 6.45) is 22.5. The zero-order valence-electron chi connectivity index (χ0n) is 20.1. The lowest BCUT2D eigenvalue weighted by molar-refractivity contribution is -0.883. The van der Waals surface area contributed by atoms with E-state index in [2.05, 4.69) is 24.4 Å². The molecule has 0 aromatic carbocycles. The number of amides is 1. The van der Waals surface area contributed by atoms with Crippen LogP contribution in [0.3, 0.4) is 0 Å². The lowest BCUT2D eigenvalue weighted by atomic mass is 10.1. The maximum atomic E-state index is 11.9. The number of aliphatic carboxylic acids is 1. The molecule has 0 bridgehead atoms. The lowest BCUT2D eigenvalue weighted by Crippen LogP contribution is -2.45. The van der Waals surface area contributed by atoms with Crippen LogP contribution in [0.5, 0.6) is 0 Å². The summed E-state index contributed by atoms with van der Waals surface area (Å²) in [5.41, 5.74) is 0. The number of carbonyl (C=O) groups excluding carboxylic acids is 1. The first-order valence-corrected chi connectivity index (χ1v) is 12.3. The summed E-state index contributed by atoms with van der Waals surface area (Å²) < 4.78 is 0.445. The average Bonchev–Trinajstić information content (AvgIpc) is 2.67. The molecule has 0 saturated heterocycles. The maximum Gasteiger partial charge on any atom is 0.359 e. The average molecular weight is 426 g/mol. The molecule has 0 radical (unpaired) electrons. The van der Waals surface area contributed by atoms with Gasteiger partial charge in [0.1, 0.15) is 0 Å². The number of likely N-dealkylation sites (N-methyl/N-ethyl adjacent to an activating group) is 1. The van der Waals surface area contributed by atoms with Crippen molar-refractivity contribution >= 4 is 11.9 Å². The highest BCUT2D eigenvalue weighted by Gasteiger charge is 2.18. The Morgan fingerprint density at radius 2 is 1.33 bits per heavy atom. The van der Waals surface area contributed by atoms with Crippen molar-refractivity contribution in [1.82, 2.24) is 5.32 Å². The number of allylic oxidation sites excluding steroid dienone is 2. The number of carboxylic acid groups (broad SMARTS) is 1. The van der Waals surface area contributed by atoms with Gasteiger partial charge in [-0.3, -0.25) is 4.79 Å². The molecular weight excluding hydrogens is 376 g/mol. The SMILES string of the molecule is CCCCCC/C=C/CCCCCCCCCC(=O)NCCC[N+](C)(C)CC(=O)O. The maximum absolute atomic E-state index is 11.9. The van der Waals surface area contributed by atoms with Gasteiger partial charge in [0.05, 0.1) is 20.6 Å². The van der Waals surface area contributed by atoms with E-state index in [1.165, 1.54) is 70.6 Å². The van der Waals surface area contributed by atoms with Crippen LogP contribution in [-0.4, -0.2) is 55.2 Å². The highest BCUT2D eigenvalue weighted by atomic mass is 16.4. The van der Waals surface area contributed by atoms with Gasteiger partial charge in [-0.1, -0.05) is 70.4 Å². The molecule has 1 amide bonds. The number of hydrogen-bond acceptors (Lipinski definition) is 2. The van der Waals surface area contributed by atoms with Crippen LogP contribution >= 0.6 is 0 Å². The first-order chi connectivity index (χ1) is 14.4. The number of nitrogens with one attached hydrogen (secondary N) is 1. The predicted molar refractivity (Wildman–Crippen MR) is 127 cm³/mol. The number of quaternary nitrogens is 1. The topological polar surface area (TPSA) is 66.4 Å². The summed E-state index contributed by atoms with van der Waals surface area (Å²) >= 11 is 0. The first kappa shape index (κ1) is 28.6. The van der Waals surface area contributed by atoms with Crippen LogP contribution in [0.1, 0.15) is 103 Å². The molecule has 0 spiro atoms. The molecule has 0 fully saturated rings. The molecule has 30 heavy (non-hydrogen) atoms. The summed E-state index contributed by atoms with van der Waals surface area (Å²) in [7, 11) is 3.81. The second kappa shape index (κ2) is 19.6. The van der Waals surface area contributed by atoms with Gasteiger partial charge in [0.25, 0.3) is 0 Å². The Labute approximate surface area is 185 Å². The van der Waals surface area contributed by atoms with Crippen molar-refractivity contribution in [3.05, 3.63) is 12.2 Å². The Hall–Kier alpha value is -1.36. The van der Waals surface area contributed by atoms with E-state index < -0.39 is 5.97 Å². The predicted octanol–water partition coefficient (Wildman–Crippen LogP) is 5.69. The molecule has 0 aromatic heterocycles. The van der Waals surface area contributed by atoms with Gasteiger partial charge in [0, 0.05) is 19.4 Å². The molecule has 0 heterocycles. The summed E-state index contributed by atoms with van der Waals surface area (Å²) in [5.74, 6) is -0.658. The van der Waals surface area contributed by atoms with Crippen molar-refractivity contribution in [3.8, 4) is 0 Å². The van der Waals surface area contributed by atoms with Gasteiger partial charge >= 0.3 is 5.97 Å². The van der Waals surface area contributed by atoms with Gasteiger partial charge in [-0.25, -0.2) is 4.79 Å². The van der Waals surface area contributed by atoms with Gasteiger partial charge in [-0.05, 0) is 32.1 Å². The minimum Gasteiger partial charge on any atom is -0.477 e. The number of carbonyl (C=O) groups is 2.